The standard InChI is InChI=1S/C47H70O2Si/c1-16-25-49-41-35(43(4,5)6)26-30(48-15)27-36(41)50(17-2,18-3)42-34-29-45(9,10)21-19-31(34)37-38(42)33-28-44(7,8)22-20-32(33)39-40(37)47(13,14)24-23-46(39,11)12/h16,23-24,26-27,33,38,42H,1,17-22,25,28-29H2,2-15H3. The molecule has 5 aliphatic carbocycles. The number of hydrogen-bond donors (Lipinski definition) is 0. The van der Waals surface area contributed by atoms with Crippen molar-refractivity contribution in [3.63, 3.8) is 0 Å². The molecule has 1 saturated carbocycles. The Balaban J connectivity index is 1.75. The van der Waals surface area contributed by atoms with Gasteiger partial charge in [0.05, 0.1) is 15.2 Å². The van der Waals surface area contributed by atoms with E-state index < -0.39 is 8.07 Å². The largest absolute Gasteiger partial charge is 0.497 e. The van der Waals surface area contributed by atoms with Crippen LogP contribution in [0.5, 0.6) is 11.5 Å². The minimum absolute atomic E-state index is 0.0135. The van der Waals surface area contributed by atoms with Crippen LogP contribution in [0.1, 0.15) is 134 Å². The highest BCUT2D eigenvalue weighted by molar-refractivity contribution is 6.94. The SMILES string of the molecule is C=CCOc1c(C(C)(C)C)cc(OC)cc1[Si](CC)(CC)C1C2=C(CCC(C)(C)C2)C2=C3C(=C4CCC(C)(C)CC4C21)C(C)(C)C=CC3(C)C. The van der Waals surface area contributed by atoms with Gasteiger partial charge in [0, 0.05) is 16.4 Å². The van der Waals surface area contributed by atoms with Gasteiger partial charge in [-0.25, -0.2) is 0 Å². The summed E-state index contributed by atoms with van der Waals surface area (Å²) < 4.78 is 13.1. The van der Waals surface area contributed by atoms with Gasteiger partial charge in [-0.05, 0) is 112 Å². The number of rotatable bonds is 8. The predicted octanol–water partition coefficient (Wildman–Crippen LogP) is 12.8. The number of methoxy groups -OCH3 is 1. The van der Waals surface area contributed by atoms with Crippen LogP contribution >= 0.6 is 0 Å². The highest BCUT2D eigenvalue weighted by Gasteiger charge is 2.61. The zero-order valence-electron chi connectivity index (χ0n) is 34.5. The summed E-state index contributed by atoms with van der Waals surface area (Å²) in [4.78, 5) is 0. The fraction of sp³-hybridized carbons (Fsp3) is 0.660. The topological polar surface area (TPSA) is 18.5 Å². The highest BCUT2D eigenvalue weighted by Crippen LogP contribution is 2.70. The van der Waals surface area contributed by atoms with Crippen LogP contribution in [0.4, 0.5) is 0 Å². The van der Waals surface area contributed by atoms with Gasteiger partial charge in [0.15, 0.2) is 0 Å². The van der Waals surface area contributed by atoms with Crippen LogP contribution in [0.3, 0.4) is 0 Å². The molecule has 0 amide bonds. The third-order valence-corrected chi connectivity index (χ3v) is 20.0. The molecule has 2 nitrogen and oxygen atoms in total. The van der Waals surface area contributed by atoms with Crippen molar-refractivity contribution in [2.24, 2.45) is 33.5 Å². The summed E-state index contributed by atoms with van der Waals surface area (Å²) in [6, 6.07) is 7.10. The molecule has 5 aliphatic rings. The molecule has 0 bridgehead atoms. The Labute approximate surface area is 308 Å². The third-order valence-electron chi connectivity index (χ3n) is 14.1. The van der Waals surface area contributed by atoms with Crippen LogP contribution in [-0.4, -0.2) is 21.8 Å². The van der Waals surface area contributed by atoms with Crippen molar-refractivity contribution in [3.05, 3.63) is 75.9 Å². The van der Waals surface area contributed by atoms with E-state index in [1.54, 1.807) is 22.3 Å². The van der Waals surface area contributed by atoms with Gasteiger partial charge < -0.3 is 9.47 Å². The van der Waals surface area contributed by atoms with Crippen molar-refractivity contribution in [2.75, 3.05) is 13.7 Å². The van der Waals surface area contributed by atoms with Gasteiger partial charge in [0.25, 0.3) is 0 Å². The molecule has 0 N–H and O–H groups in total. The Bertz CT molecular complexity index is 1680. The fourth-order valence-electron chi connectivity index (χ4n) is 11.6. The first kappa shape index (κ1) is 37.5. The Morgan fingerprint density at radius 3 is 2.06 bits per heavy atom. The zero-order valence-corrected chi connectivity index (χ0v) is 35.5. The first-order valence-electron chi connectivity index (χ1n) is 20.1. The van der Waals surface area contributed by atoms with E-state index in [0.29, 0.717) is 34.8 Å². The van der Waals surface area contributed by atoms with E-state index in [1.165, 1.54) is 61.4 Å². The zero-order chi connectivity index (χ0) is 36.8. The molecule has 1 fully saturated rings. The lowest BCUT2D eigenvalue weighted by atomic mass is 9.52. The fourth-order valence-corrected chi connectivity index (χ4v) is 17.1. The summed E-state index contributed by atoms with van der Waals surface area (Å²) in [5.41, 5.74) is 13.1. The lowest BCUT2D eigenvalue weighted by Gasteiger charge is -2.54. The highest BCUT2D eigenvalue weighted by atomic mass is 28.3. The second-order valence-corrected chi connectivity index (χ2v) is 25.4. The van der Waals surface area contributed by atoms with Crippen LogP contribution in [-0.2, 0) is 5.41 Å². The summed E-state index contributed by atoms with van der Waals surface area (Å²) in [5.74, 6) is 3.23. The average Bonchev–Trinajstić information content (AvgIpc) is 3.35. The van der Waals surface area contributed by atoms with E-state index in [0.717, 1.165) is 11.5 Å². The van der Waals surface area contributed by atoms with Crippen LogP contribution in [0.15, 0.2) is 70.4 Å². The van der Waals surface area contributed by atoms with E-state index in [9.17, 15) is 0 Å². The monoisotopic (exact) mass is 695 g/mol. The maximum atomic E-state index is 6.93. The maximum Gasteiger partial charge on any atom is 0.123 e. The number of allylic oxidation sites excluding steroid dienone is 8. The molecule has 6 rings (SSSR count). The molecule has 0 heterocycles. The summed E-state index contributed by atoms with van der Waals surface area (Å²) in [6.45, 7) is 37.0. The van der Waals surface area contributed by atoms with E-state index in [1.807, 2.05) is 24.3 Å². The molecule has 0 aliphatic heterocycles. The second-order valence-electron chi connectivity index (χ2n) is 20.6. The van der Waals surface area contributed by atoms with Gasteiger partial charge in [-0.1, -0.05) is 138 Å². The predicted molar refractivity (Wildman–Crippen MR) is 218 cm³/mol. The van der Waals surface area contributed by atoms with Crippen molar-refractivity contribution < 1.29 is 9.47 Å². The molecule has 3 atom stereocenters. The summed E-state index contributed by atoms with van der Waals surface area (Å²) >= 11 is 0. The Morgan fingerprint density at radius 1 is 0.860 bits per heavy atom. The number of fused-ring (bicyclic) bond motifs is 5. The molecule has 0 aromatic heterocycles. The summed E-state index contributed by atoms with van der Waals surface area (Å²) in [5, 5.41) is 1.50. The molecule has 274 valence electrons. The van der Waals surface area contributed by atoms with Gasteiger partial charge in [0.2, 0.25) is 0 Å². The minimum Gasteiger partial charge on any atom is -0.497 e. The first-order chi connectivity index (χ1) is 23.2. The quantitative estimate of drug-likeness (QED) is 0.199. The van der Waals surface area contributed by atoms with Gasteiger partial charge in [0.1, 0.15) is 18.1 Å². The van der Waals surface area contributed by atoms with E-state index in [4.69, 9.17) is 9.47 Å². The van der Waals surface area contributed by atoms with Crippen molar-refractivity contribution in [1.29, 1.82) is 0 Å². The normalized spacial score (nSPS) is 27.8. The van der Waals surface area contributed by atoms with Gasteiger partial charge in [-0.2, -0.15) is 0 Å². The Morgan fingerprint density at radius 2 is 1.48 bits per heavy atom. The van der Waals surface area contributed by atoms with Gasteiger partial charge in [-0.3, -0.25) is 0 Å². The van der Waals surface area contributed by atoms with E-state index >= 15 is 0 Å². The lowest BCUT2D eigenvalue weighted by Crippen LogP contribution is -2.55. The smallest absolute Gasteiger partial charge is 0.123 e. The molecule has 50 heavy (non-hydrogen) atoms. The molecule has 1 aromatic carbocycles. The molecule has 0 radical (unpaired) electrons. The Kier molecular flexibility index (Phi) is 9.31. The molecule has 1 aromatic rings. The van der Waals surface area contributed by atoms with E-state index in [-0.39, 0.29) is 16.2 Å². The van der Waals surface area contributed by atoms with Gasteiger partial charge in [-0.15, -0.1) is 0 Å². The molecule has 0 spiro atoms. The Hall–Kier alpha value is -2.26. The summed E-state index contributed by atoms with van der Waals surface area (Å²) in [7, 11) is -0.500. The van der Waals surface area contributed by atoms with Crippen LogP contribution in [0, 0.1) is 33.5 Å². The number of hydrogen-bond acceptors (Lipinski definition) is 2. The van der Waals surface area contributed by atoms with Crippen LogP contribution in [0.2, 0.25) is 17.6 Å². The molecule has 3 unspecified atom stereocenters. The summed E-state index contributed by atoms with van der Waals surface area (Å²) in [6.07, 6.45) is 14.6. The molecule has 0 saturated heterocycles. The van der Waals surface area contributed by atoms with Crippen molar-refractivity contribution in [3.8, 4) is 11.5 Å². The van der Waals surface area contributed by atoms with Crippen molar-refractivity contribution >= 4 is 13.3 Å². The third kappa shape index (κ3) is 5.88. The van der Waals surface area contributed by atoms with Crippen molar-refractivity contribution in [1.82, 2.24) is 0 Å². The lowest BCUT2D eigenvalue weighted by molar-refractivity contribution is 0.185. The van der Waals surface area contributed by atoms with Gasteiger partial charge >= 0.3 is 0 Å². The number of ether oxygens (including phenoxy) is 2. The second kappa shape index (κ2) is 12.4. The molecular weight excluding hydrogens is 625 g/mol. The first-order valence-corrected chi connectivity index (χ1v) is 22.6. The average molecular weight is 695 g/mol. The maximum absolute atomic E-state index is 6.93. The molecule has 3 heteroatoms. The molecular formula is C47H70O2Si. The van der Waals surface area contributed by atoms with Crippen molar-refractivity contribution in [2.45, 2.75) is 152 Å². The van der Waals surface area contributed by atoms with E-state index in [2.05, 4.69) is 121 Å². The number of benzene rings is 1. The van der Waals surface area contributed by atoms with Crippen LogP contribution < -0.4 is 14.7 Å². The minimum atomic E-state index is -2.35. The van der Waals surface area contributed by atoms with Crippen LogP contribution in [0.25, 0.3) is 0 Å².